The first-order valence-electron chi connectivity index (χ1n) is 7.40. The number of aromatic nitrogens is 1. The number of carbonyl (C=O) groups excluding carboxylic acids is 1. The van der Waals surface area contributed by atoms with Crippen LogP contribution in [0.3, 0.4) is 0 Å². The molecule has 1 saturated heterocycles. The first-order chi connectivity index (χ1) is 10.7. The summed E-state index contributed by atoms with van der Waals surface area (Å²) in [6, 6.07) is 11.4. The summed E-state index contributed by atoms with van der Waals surface area (Å²) in [5, 5.41) is 2.89. The molecule has 22 heavy (non-hydrogen) atoms. The molecule has 1 aliphatic heterocycles. The Morgan fingerprint density at radius 3 is 2.64 bits per heavy atom. The molecule has 2 heterocycles. The Morgan fingerprint density at radius 2 is 1.95 bits per heavy atom. The topological polar surface area (TPSA) is 54.5 Å². The molecule has 1 aromatic carbocycles. The Morgan fingerprint density at radius 1 is 1.18 bits per heavy atom. The molecule has 0 aliphatic carbocycles. The molecule has 0 bridgehead atoms. The Balaban J connectivity index is 1.69. The average molecular weight is 297 g/mol. The van der Waals surface area contributed by atoms with Crippen molar-refractivity contribution in [1.29, 1.82) is 0 Å². The van der Waals surface area contributed by atoms with Crippen LogP contribution in [-0.4, -0.2) is 37.2 Å². The largest absolute Gasteiger partial charge is 0.378 e. The number of nitrogens with zero attached hydrogens (tertiary/aromatic N) is 2. The SMILES string of the molecule is Cc1ccccc1NC(=O)c1ccc(N2CCOCC2)cn1. The van der Waals surface area contributed by atoms with Crippen LogP contribution in [0.25, 0.3) is 0 Å². The standard InChI is InChI=1S/C17H19N3O2/c1-13-4-2-3-5-15(13)19-17(21)16-7-6-14(12-18-16)20-8-10-22-11-9-20/h2-7,12H,8-11H2,1H3,(H,19,21). The van der Waals surface area contributed by atoms with Crippen molar-refractivity contribution in [3.8, 4) is 0 Å². The van der Waals surface area contributed by atoms with E-state index in [0.717, 1.165) is 43.2 Å². The quantitative estimate of drug-likeness (QED) is 0.945. The van der Waals surface area contributed by atoms with Gasteiger partial charge in [-0.3, -0.25) is 4.79 Å². The van der Waals surface area contributed by atoms with Gasteiger partial charge in [-0.05, 0) is 30.7 Å². The molecular weight excluding hydrogens is 278 g/mol. The lowest BCUT2D eigenvalue weighted by molar-refractivity contribution is 0.102. The summed E-state index contributed by atoms with van der Waals surface area (Å²) >= 11 is 0. The van der Waals surface area contributed by atoms with Crippen molar-refractivity contribution in [3.05, 3.63) is 53.9 Å². The smallest absolute Gasteiger partial charge is 0.274 e. The minimum absolute atomic E-state index is 0.192. The van der Waals surface area contributed by atoms with E-state index < -0.39 is 0 Å². The number of hydrogen-bond acceptors (Lipinski definition) is 4. The van der Waals surface area contributed by atoms with Crippen molar-refractivity contribution in [3.63, 3.8) is 0 Å². The molecule has 1 aliphatic rings. The number of para-hydroxylation sites is 1. The molecule has 0 spiro atoms. The summed E-state index contributed by atoms with van der Waals surface area (Å²) in [6.45, 7) is 5.14. The second-order valence-electron chi connectivity index (χ2n) is 5.27. The van der Waals surface area contributed by atoms with E-state index in [2.05, 4.69) is 15.2 Å². The van der Waals surface area contributed by atoms with E-state index in [-0.39, 0.29) is 5.91 Å². The number of pyridine rings is 1. The molecule has 0 atom stereocenters. The summed E-state index contributed by atoms with van der Waals surface area (Å²) in [4.78, 5) is 18.7. The zero-order valence-electron chi connectivity index (χ0n) is 12.6. The van der Waals surface area contributed by atoms with Crippen molar-refractivity contribution in [2.24, 2.45) is 0 Å². The van der Waals surface area contributed by atoms with Gasteiger partial charge in [0.25, 0.3) is 5.91 Å². The molecule has 5 heteroatoms. The second kappa shape index (κ2) is 6.58. The summed E-state index contributed by atoms with van der Waals surface area (Å²) in [5.74, 6) is -0.192. The molecule has 0 unspecified atom stereocenters. The lowest BCUT2D eigenvalue weighted by Gasteiger charge is -2.28. The fourth-order valence-corrected chi connectivity index (χ4v) is 2.43. The first kappa shape index (κ1) is 14.5. The van der Waals surface area contributed by atoms with E-state index in [9.17, 15) is 4.79 Å². The maximum atomic E-state index is 12.2. The summed E-state index contributed by atoms with van der Waals surface area (Å²) in [7, 11) is 0. The highest BCUT2D eigenvalue weighted by atomic mass is 16.5. The van der Waals surface area contributed by atoms with Gasteiger partial charge in [-0.2, -0.15) is 0 Å². The molecule has 3 rings (SSSR count). The van der Waals surface area contributed by atoms with E-state index in [1.807, 2.05) is 37.3 Å². The Hall–Kier alpha value is -2.40. The number of amides is 1. The van der Waals surface area contributed by atoms with Gasteiger partial charge < -0.3 is 15.0 Å². The number of ether oxygens (including phenoxy) is 1. The number of hydrogen-bond donors (Lipinski definition) is 1. The van der Waals surface area contributed by atoms with E-state index in [0.29, 0.717) is 5.69 Å². The van der Waals surface area contributed by atoms with Gasteiger partial charge in [0.1, 0.15) is 5.69 Å². The maximum absolute atomic E-state index is 12.2. The zero-order chi connectivity index (χ0) is 15.4. The van der Waals surface area contributed by atoms with Crippen LogP contribution in [0, 0.1) is 6.92 Å². The molecule has 2 aromatic rings. The monoisotopic (exact) mass is 297 g/mol. The van der Waals surface area contributed by atoms with Gasteiger partial charge in [0.2, 0.25) is 0 Å². The van der Waals surface area contributed by atoms with Gasteiger partial charge in [-0.25, -0.2) is 4.98 Å². The fraction of sp³-hybridized carbons (Fsp3) is 0.294. The predicted molar refractivity (Wildman–Crippen MR) is 86.4 cm³/mol. The second-order valence-corrected chi connectivity index (χ2v) is 5.27. The highest BCUT2D eigenvalue weighted by Crippen LogP contribution is 2.17. The molecule has 1 fully saturated rings. The van der Waals surface area contributed by atoms with Crippen molar-refractivity contribution < 1.29 is 9.53 Å². The zero-order valence-corrected chi connectivity index (χ0v) is 12.6. The summed E-state index contributed by atoms with van der Waals surface area (Å²) < 4.78 is 5.33. The van der Waals surface area contributed by atoms with Gasteiger partial charge >= 0.3 is 0 Å². The first-order valence-corrected chi connectivity index (χ1v) is 7.40. The van der Waals surface area contributed by atoms with Crippen molar-refractivity contribution >= 4 is 17.3 Å². The Labute approximate surface area is 129 Å². The summed E-state index contributed by atoms with van der Waals surface area (Å²) in [6.07, 6.45) is 1.75. The number of carbonyl (C=O) groups is 1. The summed E-state index contributed by atoms with van der Waals surface area (Å²) in [5.41, 5.74) is 3.28. The van der Waals surface area contributed by atoms with Crippen LogP contribution in [0.1, 0.15) is 16.1 Å². The Kier molecular flexibility index (Phi) is 4.34. The number of benzene rings is 1. The molecule has 0 radical (unpaired) electrons. The van der Waals surface area contributed by atoms with Crippen molar-refractivity contribution in [1.82, 2.24) is 4.98 Å². The van der Waals surface area contributed by atoms with Crippen LogP contribution in [0.5, 0.6) is 0 Å². The van der Waals surface area contributed by atoms with Gasteiger partial charge in [-0.1, -0.05) is 18.2 Å². The minimum Gasteiger partial charge on any atom is -0.378 e. The van der Waals surface area contributed by atoms with E-state index in [1.54, 1.807) is 12.3 Å². The van der Waals surface area contributed by atoms with E-state index >= 15 is 0 Å². The maximum Gasteiger partial charge on any atom is 0.274 e. The van der Waals surface area contributed by atoms with Crippen LogP contribution in [0.2, 0.25) is 0 Å². The Bertz CT molecular complexity index is 649. The fourth-order valence-electron chi connectivity index (χ4n) is 2.43. The minimum atomic E-state index is -0.192. The molecule has 1 amide bonds. The lowest BCUT2D eigenvalue weighted by Crippen LogP contribution is -2.36. The van der Waals surface area contributed by atoms with E-state index in [4.69, 9.17) is 4.74 Å². The molecule has 1 aromatic heterocycles. The number of anilines is 2. The van der Waals surface area contributed by atoms with Crippen LogP contribution in [-0.2, 0) is 4.74 Å². The van der Waals surface area contributed by atoms with Gasteiger partial charge in [0, 0.05) is 18.8 Å². The molecule has 0 saturated carbocycles. The molecule has 5 nitrogen and oxygen atoms in total. The third kappa shape index (κ3) is 3.26. The number of aryl methyl sites for hydroxylation is 1. The van der Waals surface area contributed by atoms with Gasteiger partial charge in [0.15, 0.2) is 0 Å². The van der Waals surface area contributed by atoms with Crippen LogP contribution >= 0.6 is 0 Å². The third-order valence-electron chi connectivity index (χ3n) is 3.75. The number of morpholine rings is 1. The van der Waals surface area contributed by atoms with Gasteiger partial charge in [0.05, 0.1) is 25.1 Å². The van der Waals surface area contributed by atoms with Crippen LogP contribution < -0.4 is 10.2 Å². The van der Waals surface area contributed by atoms with E-state index in [1.165, 1.54) is 0 Å². The number of rotatable bonds is 3. The highest BCUT2D eigenvalue weighted by molar-refractivity contribution is 6.03. The van der Waals surface area contributed by atoms with Crippen molar-refractivity contribution in [2.75, 3.05) is 36.5 Å². The molecular formula is C17H19N3O2. The predicted octanol–water partition coefficient (Wildman–Crippen LogP) is 2.48. The van der Waals surface area contributed by atoms with Crippen LogP contribution in [0.4, 0.5) is 11.4 Å². The molecule has 114 valence electrons. The normalized spacial score (nSPS) is 14.7. The van der Waals surface area contributed by atoms with Crippen LogP contribution in [0.15, 0.2) is 42.6 Å². The van der Waals surface area contributed by atoms with Gasteiger partial charge in [-0.15, -0.1) is 0 Å². The average Bonchev–Trinajstić information content (AvgIpc) is 2.58. The number of nitrogens with one attached hydrogen (secondary N) is 1. The lowest BCUT2D eigenvalue weighted by atomic mass is 10.2. The molecule has 1 N–H and O–H groups in total. The van der Waals surface area contributed by atoms with Crippen molar-refractivity contribution in [2.45, 2.75) is 6.92 Å². The third-order valence-corrected chi connectivity index (χ3v) is 3.75. The highest BCUT2D eigenvalue weighted by Gasteiger charge is 2.13.